The van der Waals surface area contributed by atoms with E-state index in [2.05, 4.69) is 60.3 Å². The van der Waals surface area contributed by atoms with Gasteiger partial charge in [0.05, 0.1) is 0 Å². The summed E-state index contributed by atoms with van der Waals surface area (Å²) in [6.07, 6.45) is 1.27. The van der Waals surface area contributed by atoms with Gasteiger partial charge in [0.15, 0.2) is 0 Å². The molecule has 0 aliphatic carbocycles. The monoisotopic (exact) mass is 311 g/mol. The standard InChI is InChI=1S/C17H33N3S/c1-5-19(6-2)12-9-13-20(7-3)14-11-18-16(4)17-10-8-15-21-17/h8,10,15-16,18H,5-7,9,11-14H2,1-4H3. The van der Waals surface area contributed by atoms with Crippen LogP contribution in [-0.2, 0) is 0 Å². The van der Waals surface area contributed by atoms with Gasteiger partial charge in [0.2, 0.25) is 0 Å². The number of nitrogens with one attached hydrogen (secondary N) is 1. The molecular weight excluding hydrogens is 278 g/mol. The molecule has 0 saturated carbocycles. The molecule has 0 aliphatic heterocycles. The molecule has 3 nitrogen and oxygen atoms in total. The number of thiophene rings is 1. The smallest absolute Gasteiger partial charge is 0.0386 e. The molecule has 0 saturated heterocycles. The molecule has 0 fully saturated rings. The second-order valence-corrected chi connectivity index (χ2v) is 6.49. The Kier molecular flexibility index (Phi) is 9.92. The van der Waals surface area contributed by atoms with Crippen LogP contribution >= 0.6 is 11.3 Å². The SMILES string of the molecule is CCN(CC)CCCN(CC)CCNC(C)c1cccs1. The molecule has 0 aliphatic rings. The second kappa shape index (κ2) is 11.2. The number of nitrogens with zero attached hydrogens (tertiary/aromatic N) is 2. The van der Waals surface area contributed by atoms with Crippen LogP contribution in [0.3, 0.4) is 0 Å². The van der Waals surface area contributed by atoms with Crippen molar-refractivity contribution >= 4 is 11.3 Å². The lowest BCUT2D eigenvalue weighted by Crippen LogP contribution is -2.35. The van der Waals surface area contributed by atoms with E-state index in [4.69, 9.17) is 0 Å². The molecule has 1 aromatic rings. The second-order valence-electron chi connectivity index (χ2n) is 5.51. The van der Waals surface area contributed by atoms with Gasteiger partial charge in [-0.1, -0.05) is 26.8 Å². The van der Waals surface area contributed by atoms with E-state index in [-0.39, 0.29) is 0 Å². The van der Waals surface area contributed by atoms with Gasteiger partial charge < -0.3 is 15.1 Å². The third-order valence-corrected chi connectivity index (χ3v) is 5.19. The molecule has 0 amide bonds. The molecule has 1 aromatic heterocycles. The maximum atomic E-state index is 3.63. The third-order valence-electron chi connectivity index (χ3n) is 4.14. The van der Waals surface area contributed by atoms with Gasteiger partial charge in [0, 0.05) is 24.0 Å². The molecule has 122 valence electrons. The van der Waals surface area contributed by atoms with Crippen LogP contribution < -0.4 is 5.32 Å². The van der Waals surface area contributed by atoms with E-state index in [1.807, 2.05) is 11.3 Å². The highest BCUT2D eigenvalue weighted by molar-refractivity contribution is 7.10. The molecule has 0 aromatic carbocycles. The van der Waals surface area contributed by atoms with Crippen LogP contribution in [0.15, 0.2) is 17.5 Å². The summed E-state index contributed by atoms with van der Waals surface area (Å²) in [4.78, 5) is 6.49. The van der Waals surface area contributed by atoms with E-state index in [9.17, 15) is 0 Å². The minimum atomic E-state index is 0.472. The molecule has 0 bridgehead atoms. The highest BCUT2D eigenvalue weighted by atomic mass is 32.1. The lowest BCUT2D eigenvalue weighted by atomic mass is 10.2. The molecule has 1 N–H and O–H groups in total. The summed E-state index contributed by atoms with van der Waals surface area (Å²) < 4.78 is 0. The third kappa shape index (κ3) is 7.41. The average Bonchev–Trinajstić information content (AvgIpc) is 3.04. The Morgan fingerprint density at radius 3 is 2.29 bits per heavy atom. The summed E-state index contributed by atoms with van der Waals surface area (Å²) in [7, 11) is 0. The van der Waals surface area contributed by atoms with E-state index >= 15 is 0 Å². The summed E-state index contributed by atoms with van der Waals surface area (Å²) in [5.41, 5.74) is 0. The van der Waals surface area contributed by atoms with Gasteiger partial charge in [-0.05, 0) is 57.5 Å². The van der Waals surface area contributed by atoms with Crippen LogP contribution in [0.5, 0.6) is 0 Å². The van der Waals surface area contributed by atoms with Crippen LogP contribution in [0.25, 0.3) is 0 Å². The van der Waals surface area contributed by atoms with Gasteiger partial charge >= 0.3 is 0 Å². The van der Waals surface area contributed by atoms with E-state index < -0.39 is 0 Å². The van der Waals surface area contributed by atoms with Gasteiger partial charge in [0.1, 0.15) is 0 Å². The van der Waals surface area contributed by atoms with Crippen molar-refractivity contribution in [2.75, 3.05) is 45.8 Å². The van der Waals surface area contributed by atoms with E-state index in [0.717, 1.165) is 19.6 Å². The Balaban J connectivity index is 2.16. The van der Waals surface area contributed by atoms with Crippen molar-refractivity contribution < 1.29 is 0 Å². The molecule has 1 unspecified atom stereocenters. The van der Waals surface area contributed by atoms with E-state index in [0.29, 0.717) is 6.04 Å². The highest BCUT2D eigenvalue weighted by Crippen LogP contribution is 2.17. The zero-order valence-corrected chi connectivity index (χ0v) is 15.1. The van der Waals surface area contributed by atoms with Crippen LogP contribution in [0, 0.1) is 0 Å². The predicted octanol–water partition coefficient (Wildman–Crippen LogP) is 3.45. The molecule has 1 heterocycles. The molecule has 4 heteroatoms. The van der Waals surface area contributed by atoms with Crippen molar-refractivity contribution in [3.05, 3.63) is 22.4 Å². The van der Waals surface area contributed by atoms with Crippen molar-refractivity contribution in [1.29, 1.82) is 0 Å². The summed E-state index contributed by atoms with van der Waals surface area (Å²) in [5, 5.41) is 5.78. The maximum Gasteiger partial charge on any atom is 0.0386 e. The number of hydrogen-bond donors (Lipinski definition) is 1. The zero-order valence-electron chi connectivity index (χ0n) is 14.3. The first-order valence-electron chi connectivity index (χ1n) is 8.42. The van der Waals surface area contributed by atoms with Gasteiger partial charge in [-0.15, -0.1) is 11.3 Å². The minimum absolute atomic E-state index is 0.472. The normalized spacial score (nSPS) is 13.2. The van der Waals surface area contributed by atoms with Crippen LogP contribution in [0.1, 0.15) is 45.0 Å². The van der Waals surface area contributed by atoms with E-state index in [1.165, 1.54) is 37.5 Å². The average molecular weight is 312 g/mol. The quantitative estimate of drug-likeness (QED) is 0.638. The van der Waals surface area contributed by atoms with Crippen molar-refractivity contribution in [3.63, 3.8) is 0 Å². The lowest BCUT2D eigenvalue weighted by Gasteiger charge is -2.24. The fourth-order valence-corrected chi connectivity index (χ4v) is 3.32. The lowest BCUT2D eigenvalue weighted by molar-refractivity contribution is 0.242. The number of hydrogen-bond acceptors (Lipinski definition) is 4. The molecule has 1 atom stereocenters. The first-order chi connectivity index (χ1) is 10.2. The first kappa shape index (κ1) is 18.6. The Labute approximate surface area is 135 Å². The minimum Gasteiger partial charge on any atom is -0.308 e. The fourth-order valence-electron chi connectivity index (χ4n) is 2.56. The van der Waals surface area contributed by atoms with Crippen molar-refractivity contribution in [2.24, 2.45) is 0 Å². The topological polar surface area (TPSA) is 18.5 Å². The molecular formula is C17H33N3S. The van der Waals surface area contributed by atoms with Gasteiger partial charge in [-0.2, -0.15) is 0 Å². The molecule has 1 rings (SSSR count). The van der Waals surface area contributed by atoms with Crippen LogP contribution in [0.4, 0.5) is 0 Å². The Hall–Kier alpha value is -0.420. The van der Waals surface area contributed by atoms with Gasteiger partial charge in [0.25, 0.3) is 0 Å². The number of rotatable bonds is 12. The van der Waals surface area contributed by atoms with Crippen molar-refractivity contribution in [3.8, 4) is 0 Å². The predicted molar refractivity (Wildman–Crippen MR) is 95.3 cm³/mol. The fraction of sp³-hybridized carbons (Fsp3) is 0.765. The number of likely N-dealkylation sites (N-methyl/N-ethyl adjacent to an activating group) is 1. The first-order valence-corrected chi connectivity index (χ1v) is 9.30. The van der Waals surface area contributed by atoms with Gasteiger partial charge in [-0.25, -0.2) is 0 Å². The summed E-state index contributed by atoms with van der Waals surface area (Å²) in [6.45, 7) is 17.1. The van der Waals surface area contributed by atoms with Crippen molar-refractivity contribution in [2.45, 2.75) is 40.2 Å². The summed E-state index contributed by atoms with van der Waals surface area (Å²) in [5.74, 6) is 0. The zero-order chi connectivity index (χ0) is 15.5. The Morgan fingerprint density at radius 2 is 1.71 bits per heavy atom. The van der Waals surface area contributed by atoms with E-state index in [1.54, 1.807) is 0 Å². The highest BCUT2D eigenvalue weighted by Gasteiger charge is 2.07. The Bertz CT molecular complexity index is 336. The van der Waals surface area contributed by atoms with Crippen LogP contribution in [0.2, 0.25) is 0 Å². The summed E-state index contributed by atoms with van der Waals surface area (Å²) >= 11 is 1.84. The molecule has 21 heavy (non-hydrogen) atoms. The summed E-state index contributed by atoms with van der Waals surface area (Å²) in [6, 6.07) is 4.81. The molecule has 0 spiro atoms. The van der Waals surface area contributed by atoms with Crippen LogP contribution in [-0.4, -0.2) is 55.6 Å². The van der Waals surface area contributed by atoms with Crippen molar-refractivity contribution in [1.82, 2.24) is 15.1 Å². The van der Waals surface area contributed by atoms with Gasteiger partial charge in [-0.3, -0.25) is 0 Å². The Morgan fingerprint density at radius 1 is 1.05 bits per heavy atom. The largest absolute Gasteiger partial charge is 0.308 e. The maximum absolute atomic E-state index is 3.63. The molecule has 0 radical (unpaired) electrons.